The lowest BCUT2D eigenvalue weighted by Gasteiger charge is -2.24. The van der Waals surface area contributed by atoms with Crippen molar-refractivity contribution < 1.29 is 4.79 Å². The van der Waals surface area contributed by atoms with Gasteiger partial charge in [-0.05, 0) is 40.4 Å². The number of rotatable bonds is 7. The van der Waals surface area contributed by atoms with Crippen molar-refractivity contribution in [3.8, 4) is 0 Å². The lowest BCUT2D eigenvalue weighted by molar-refractivity contribution is -0.132. The van der Waals surface area contributed by atoms with E-state index >= 15 is 0 Å². The summed E-state index contributed by atoms with van der Waals surface area (Å²) < 4.78 is 0. The van der Waals surface area contributed by atoms with E-state index in [2.05, 4.69) is 4.90 Å². The van der Waals surface area contributed by atoms with E-state index in [1.165, 1.54) is 0 Å². The Morgan fingerprint density at radius 2 is 1.87 bits per heavy atom. The van der Waals surface area contributed by atoms with Gasteiger partial charge in [-0.25, -0.2) is 0 Å². The third kappa shape index (κ3) is 5.74. The molecule has 0 heterocycles. The van der Waals surface area contributed by atoms with Crippen molar-refractivity contribution in [3.05, 3.63) is 0 Å². The Kier molecular flexibility index (Phi) is 7.34. The molecule has 0 aliphatic carbocycles. The molecule has 0 spiro atoms. The normalized spacial score (nSPS) is 12.9. The number of hydrogen-bond donors (Lipinski definition) is 1. The Balaban J connectivity index is 3.96. The molecule has 0 aliphatic heterocycles. The van der Waals surface area contributed by atoms with Gasteiger partial charge >= 0.3 is 0 Å². The molecule has 15 heavy (non-hydrogen) atoms. The van der Waals surface area contributed by atoms with E-state index in [0.29, 0.717) is 6.42 Å². The fourth-order valence-electron chi connectivity index (χ4n) is 1.41. The highest BCUT2D eigenvalue weighted by Crippen LogP contribution is 1.99. The highest BCUT2D eigenvalue weighted by molar-refractivity contribution is 5.81. The van der Waals surface area contributed by atoms with Gasteiger partial charge in [-0.3, -0.25) is 4.79 Å². The molecule has 4 heteroatoms. The van der Waals surface area contributed by atoms with Gasteiger partial charge < -0.3 is 15.5 Å². The Bertz CT molecular complexity index is 183. The second kappa shape index (κ2) is 7.65. The molecule has 1 atom stereocenters. The summed E-state index contributed by atoms with van der Waals surface area (Å²) in [6, 6.07) is -0.329. The average Bonchev–Trinajstić information content (AvgIpc) is 2.22. The Morgan fingerprint density at radius 3 is 2.27 bits per heavy atom. The van der Waals surface area contributed by atoms with Crippen molar-refractivity contribution in [1.82, 2.24) is 9.80 Å². The van der Waals surface area contributed by atoms with Crippen LogP contribution in [-0.4, -0.2) is 55.5 Å². The minimum Gasteiger partial charge on any atom is -0.342 e. The summed E-state index contributed by atoms with van der Waals surface area (Å²) in [4.78, 5) is 15.7. The maximum Gasteiger partial charge on any atom is 0.239 e. The molecule has 0 fully saturated rings. The molecule has 90 valence electrons. The number of carbonyl (C=O) groups is 1. The Morgan fingerprint density at radius 1 is 1.27 bits per heavy atom. The van der Waals surface area contributed by atoms with Crippen molar-refractivity contribution in [2.24, 2.45) is 5.73 Å². The Hall–Kier alpha value is -0.610. The van der Waals surface area contributed by atoms with Crippen LogP contribution in [0.25, 0.3) is 0 Å². The molecule has 0 radical (unpaired) electrons. The lowest BCUT2D eigenvalue weighted by atomic mass is 10.2. The van der Waals surface area contributed by atoms with Crippen LogP contribution >= 0.6 is 0 Å². The molecular weight excluding hydrogens is 190 g/mol. The summed E-state index contributed by atoms with van der Waals surface area (Å²) >= 11 is 0. The second-order valence-corrected chi connectivity index (χ2v) is 4.09. The molecule has 0 aromatic rings. The monoisotopic (exact) mass is 215 g/mol. The van der Waals surface area contributed by atoms with Gasteiger partial charge in [0, 0.05) is 13.1 Å². The van der Waals surface area contributed by atoms with Crippen LogP contribution in [0.4, 0.5) is 0 Å². The van der Waals surface area contributed by atoms with Gasteiger partial charge in [0.25, 0.3) is 0 Å². The zero-order chi connectivity index (χ0) is 11.8. The number of carbonyl (C=O) groups excluding carboxylic acids is 1. The van der Waals surface area contributed by atoms with Gasteiger partial charge in [0.05, 0.1) is 6.04 Å². The number of amides is 1. The van der Waals surface area contributed by atoms with Gasteiger partial charge in [-0.15, -0.1) is 0 Å². The van der Waals surface area contributed by atoms with Crippen LogP contribution in [0.2, 0.25) is 0 Å². The van der Waals surface area contributed by atoms with Gasteiger partial charge in [0.15, 0.2) is 0 Å². The number of hydrogen-bond acceptors (Lipinski definition) is 3. The van der Waals surface area contributed by atoms with E-state index in [1.54, 1.807) is 0 Å². The largest absolute Gasteiger partial charge is 0.342 e. The zero-order valence-corrected chi connectivity index (χ0v) is 10.5. The van der Waals surface area contributed by atoms with Crippen LogP contribution in [-0.2, 0) is 4.79 Å². The van der Waals surface area contributed by atoms with E-state index in [0.717, 1.165) is 26.1 Å². The first-order valence-corrected chi connectivity index (χ1v) is 5.72. The summed E-state index contributed by atoms with van der Waals surface area (Å²) in [6.45, 7) is 6.50. The summed E-state index contributed by atoms with van der Waals surface area (Å²) in [6.07, 6.45) is 1.71. The first kappa shape index (κ1) is 14.4. The molecule has 1 amide bonds. The van der Waals surface area contributed by atoms with Gasteiger partial charge in [-0.1, -0.05) is 6.92 Å². The molecular formula is C11H25N3O. The summed E-state index contributed by atoms with van der Waals surface area (Å²) in [7, 11) is 4.08. The molecule has 0 saturated heterocycles. The predicted octanol–water partition coefficient (Wildman–Crippen LogP) is 0.524. The zero-order valence-electron chi connectivity index (χ0n) is 10.5. The highest BCUT2D eigenvalue weighted by Gasteiger charge is 2.17. The van der Waals surface area contributed by atoms with Crippen LogP contribution < -0.4 is 5.73 Å². The minimum absolute atomic E-state index is 0.0822. The van der Waals surface area contributed by atoms with Crippen LogP contribution in [0.3, 0.4) is 0 Å². The van der Waals surface area contributed by atoms with Crippen molar-refractivity contribution in [1.29, 1.82) is 0 Å². The van der Waals surface area contributed by atoms with Crippen molar-refractivity contribution in [3.63, 3.8) is 0 Å². The predicted molar refractivity (Wildman–Crippen MR) is 63.7 cm³/mol. The van der Waals surface area contributed by atoms with Gasteiger partial charge in [-0.2, -0.15) is 0 Å². The van der Waals surface area contributed by atoms with Crippen molar-refractivity contribution in [2.75, 3.05) is 33.7 Å². The standard InChI is InChI=1S/C11H25N3O/c1-5-10(12)11(15)14(6-2)9-7-8-13(3)4/h10H,5-9,12H2,1-4H3/t10-/m1/s1. The smallest absolute Gasteiger partial charge is 0.239 e. The molecule has 2 N–H and O–H groups in total. The maximum atomic E-state index is 11.8. The van der Waals surface area contributed by atoms with E-state index in [1.807, 2.05) is 32.8 Å². The first-order chi connectivity index (χ1) is 7.02. The molecule has 4 nitrogen and oxygen atoms in total. The van der Waals surface area contributed by atoms with Crippen LogP contribution in [0.5, 0.6) is 0 Å². The third-order valence-corrected chi connectivity index (χ3v) is 2.48. The fraction of sp³-hybridized carbons (Fsp3) is 0.909. The summed E-state index contributed by atoms with van der Waals surface area (Å²) in [5.41, 5.74) is 5.72. The van der Waals surface area contributed by atoms with Gasteiger partial charge in [0.2, 0.25) is 5.91 Å². The van der Waals surface area contributed by atoms with E-state index in [-0.39, 0.29) is 11.9 Å². The quantitative estimate of drug-likeness (QED) is 0.674. The van der Waals surface area contributed by atoms with Gasteiger partial charge in [0.1, 0.15) is 0 Å². The fourth-order valence-corrected chi connectivity index (χ4v) is 1.41. The number of nitrogens with zero attached hydrogens (tertiary/aromatic N) is 2. The van der Waals surface area contributed by atoms with E-state index in [9.17, 15) is 4.79 Å². The van der Waals surface area contributed by atoms with Crippen molar-refractivity contribution in [2.45, 2.75) is 32.7 Å². The summed E-state index contributed by atoms with van der Waals surface area (Å²) in [5.74, 6) is 0.0822. The second-order valence-electron chi connectivity index (χ2n) is 4.09. The molecule has 0 aromatic heterocycles. The molecule has 0 saturated carbocycles. The first-order valence-electron chi connectivity index (χ1n) is 5.72. The molecule has 0 aliphatic rings. The maximum absolute atomic E-state index is 11.8. The van der Waals surface area contributed by atoms with Crippen molar-refractivity contribution >= 4 is 5.91 Å². The van der Waals surface area contributed by atoms with E-state index < -0.39 is 0 Å². The summed E-state index contributed by atoms with van der Waals surface area (Å²) in [5, 5.41) is 0. The lowest BCUT2D eigenvalue weighted by Crippen LogP contribution is -2.44. The molecule has 0 aromatic carbocycles. The number of likely N-dealkylation sites (N-methyl/N-ethyl adjacent to an activating group) is 1. The minimum atomic E-state index is -0.329. The number of nitrogens with two attached hydrogens (primary N) is 1. The van der Waals surface area contributed by atoms with Crippen LogP contribution in [0, 0.1) is 0 Å². The third-order valence-electron chi connectivity index (χ3n) is 2.48. The van der Waals surface area contributed by atoms with E-state index in [4.69, 9.17) is 5.73 Å². The molecule has 0 rings (SSSR count). The molecule has 0 unspecified atom stereocenters. The highest BCUT2D eigenvalue weighted by atomic mass is 16.2. The Labute approximate surface area is 93.4 Å². The van der Waals surface area contributed by atoms with Crippen LogP contribution in [0.1, 0.15) is 26.7 Å². The van der Waals surface area contributed by atoms with Crippen LogP contribution in [0.15, 0.2) is 0 Å². The SMILES string of the molecule is CC[C@@H](N)C(=O)N(CC)CCCN(C)C. The average molecular weight is 215 g/mol. The molecule has 0 bridgehead atoms. The topological polar surface area (TPSA) is 49.6 Å².